The normalized spacial score (nSPS) is 11.9. The van der Waals surface area contributed by atoms with E-state index in [9.17, 15) is 8.42 Å². The maximum atomic E-state index is 12.1. The summed E-state index contributed by atoms with van der Waals surface area (Å²) < 4.78 is 38.3. The highest BCUT2D eigenvalue weighted by Gasteiger charge is 2.20. The summed E-state index contributed by atoms with van der Waals surface area (Å²) in [6.07, 6.45) is 2.90. The molecule has 0 bridgehead atoms. The van der Waals surface area contributed by atoms with Gasteiger partial charge in [0.1, 0.15) is 4.90 Å². The van der Waals surface area contributed by atoms with Crippen LogP contribution in [0.5, 0.6) is 0 Å². The summed E-state index contributed by atoms with van der Waals surface area (Å²) in [5.41, 5.74) is 5.62. The Morgan fingerprint density at radius 3 is 2.71 bits per heavy atom. The van der Waals surface area contributed by atoms with E-state index in [0.717, 1.165) is 6.42 Å². The summed E-state index contributed by atoms with van der Waals surface area (Å²) in [6, 6.07) is 0. The fourth-order valence-corrected chi connectivity index (χ4v) is 2.79. The van der Waals surface area contributed by atoms with E-state index in [1.165, 1.54) is 10.9 Å². The topological polar surface area (TPSA) is 108 Å². The van der Waals surface area contributed by atoms with E-state index in [-0.39, 0.29) is 10.7 Å². The molecule has 122 valence electrons. The first-order chi connectivity index (χ1) is 10.0. The zero-order valence-corrected chi connectivity index (χ0v) is 13.4. The Balaban J connectivity index is 2.31. The summed E-state index contributed by atoms with van der Waals surface area (Å²) in [4.78, 5) is 0.0284. The highest BCUT2D eigenvalue weighted by atomic mass is 32.2. The zero-order chi connectivity index (χ0) is 15.7. The number of unbranched alkanes of at least 4 members (excludes halogenated alkanes) is 1. The Morgan fingerprint density at radius 1 is 1.33 bits per heavy atom. The first-order valence-corrected chi connectivity index (χ1v) is 8.39. The smallest absolute Gasteiger partial charge is 0.245 e. The van der Waals surface area contributed by atoms with Crippen LogP contribution in [0.15, 0.2) is 11.1 Å². The lowest BCUT2D eigenvalue weighted by molar-refractivity contribution is 0.0689. The molecule has 0 saturated heterocycles. The van der Waals surface area contributed by atoms with Crippen molar-refractivity contribution in [2.45, 2.75) is 31.2 Å². The second-order valence-electron chi connectivity index (χ2n) is 4.44. The van der Waals surface area contributed by atoms with Crippen molar-refractivity contribution in [1.82, 2.24) is 14.5 Å². The summed E-state index contributed by atoms with van der Waals surface area (Å²) in [6.45, 7) is 4.47. The van der Waals surface area contributed by atoms with Gasteiger partial charge in [-0.15, -0.1) is 0 Å². The van der Waals surface area contributed by atoms with Gasteiger partial charge in [-0.1, -0.05) is 0 Å². The molecule has 0 unspecified atom stereocenters. The van der Waals surface area contributed by atoms with Gasteiger partial charge in [0.25, 0.3) is 0 Å². The van der Waals surface area contributed by atoms with E-state index in [4.69, 9.17) is 15.2 Å². The third kappa shape index (κ3) is 6.00. The summed E-state index contributed by atoms with van der Waals surface area (Å²) in [5.74, 6) is 0.0206. The number of hydrogen-bond donors (Lipinski definition) is 2. The van der Waals surface area contributed by atoms with Crippen molar-refractivity contribution < 1.29 is 17.9 Å². The van der Waals surface area contributed by atoms with Crippen molar-refractivity contribution in [3.05, 3.63) is 6.20 Å². The fourth-order valence-electron chi connectivity index (χ4n) is 1.64. The summed E-state index contributed by atoms with van der Waals surface area (Å²) in [5, 5.41) is 3.93. The number of nitrogens with zero attached hydrogens (tertiary/aromatic N) is 2. The van der Waals surface area contributed by atoms with Crippen molar-refractivity contribution in [2.75, 3.05) is 39.2 Å². The quantitative estimate of drug-likeness (QED) is 0.564. The van der Waals surface area contributed by atoms with Crippen molar-refractivity contribution in [1.29, 1.82) is 0 Å². The van der Waals surface area contributed by atoms with Crippen LogP contribution in [0.4, 0.5) is 5.82 Å². The van der Waals surface area contributed by atoms with Crippen molar-refractivity contribution in [3.63, 3.8) is 0 Å². The number of nitrogens with one attached hydrogen (secondary N) is 1. The lowest BCUT2D eigenvalue weighted by Crippen LogP contribution is -2.25. The molecule has 0 saturated carbocycles. The van der Waals surface area contributed by atoms with Crippen LogP contribution in [0.3, 0.4) is 0 Å². The molecule has 8 nitrogen and oxygen atoms in total. The second-order valence-corrected chi connectivity index (χ2v) is 6.18. The number of sulfonamides is 1. The largest absolute Gasteiger partial charge is 0.382 e. The van der Waals surface area contributed by atoms with Crippen LogP contribution in [0.1, 0.15) is 19.8 Å². The van der Waals surface area contributed by atoms with Gasteiger partial charge < -0.3 is 15.2 Å². The van der Waals surface area contributed by atoms with Crippen molar-refractivity contribution in [2.24, 2.45) is 0 Å². The average Bonchev–Trinajstić information content (AvgIpc) is 2.84. The van der Waals surface area contributed by atoms with Gasteiger partial charge in [-0.25, -0.2) is 13.1 Å². The summed E-state index contributed by atoms with van der Waals surface area (Å²) >= 11 is 0. The minimum Gasteiger partial charge on any atom is -0.382 e. The molecule has 9 heteroatoms. The molecule has 0 aliphatic rings. The van der Waals surface area contributed by atoms with Gasteiger partial charge in [-0.05, 0) is 19.8 Å². The number of anilines is 1. The molecule has 3 N–H and O–H groups in total. The van der Waals surface area contributed by atoms with Crippen LogP contribution in [0, 0.1) is 0 Å². The van der Waals surface area contributed by atoms with E-state index in [0.29, 0.717) is 39.3 Å². The number of rotatable bonds is 11. The molecule has 1 rings (SSSR count). The number of nitrogens with two attached hydrogens (primary N) is 1. The molecule has 0 fully saturated rings. The fraction of sp³-hybridized carbons (Fsp3) is 0.750. The Morgan fingerprint density at radius 2 is 2.10 bits per heavy atom. The average molecular weight is 320 g/mol. The predicted octanol–water partition coefficient (Wildman–Crippen LogP) is 0.207. The van der Waals surface area contributed by atoms with Gasteiger partial charge in [0, 0.05) is 33.0 Å². The monoisotopic (exact) mass is 320 g/mol. The molecule has 0 spiro atoms. The highest BCUT2D eigenvalue weighted by molar-refractivity contribution is 7.89. The number of methoxy groups -OCH3 is 1. The Hall–Kier alpha value is -1.16. The van der Waals surface area contributed by atoms with Crippen LogP contribution < -0.4 is 10.5 Å². The Kier molecular flexibility index (Phi) is 7.65. The number of ether oxygens (including phenoxy) is 2. The van der Waals surface area contributed by atoms with E-state index < -0.39 is 10.0 Å². The van der Waals surface area contributed by atoms with E-state index in [2.05, 4.69) is 9.82 Å². The summed E-state index contributed by atoms with van der Waals surface area (Å²) in [7, 11) is -1.99. The van der Waals surface area contributed by atoms with Gasteiger partial charge in [0.15, 0.2) is 5.82 Å². The Labute approximate surface area is 125 Å². The van der Waals surface area contributed by atoms with Crippen LogP contribution in [-0.2, 0) is 26.0 Å². The van der Waals surface area contributed by atoms with Crippen LogP contribution in [0.2, 0.25) is 0 Å². The van der Waals surface area contributed by atoms with Crippen molar-refractivity contribution in [3.8, 4) is 0 Å². The van der Waals surface area contributed by atoms with E-state index >= 15 is 0 Å². The lowest BCUT2D eigenvalue weighted by Gasteiger charge is -2.06. The number of aryl methyl sites for hydroxylation is 1. The second kappa shape index (κ2) is 8.98. The number of aromatic nitrogens is 2. The van der Waals surface area contributed by atoms with Gasteiger partial charge >= 0.3 is 0 Å². The predicted molar refractivity (Wildman–Crippen MR) is 79.4 cm³/mol. The third-order valence-corrected chi connectivity index (χ3v) is 4.29. The first kappa shape index (κ1) is 17.9. The molecule has 1 heterocycles. The number of nitrogen functional groups attached to an aromatic ring is 1. The lowest BCUT2D eigenvalue weighted by atomic mass is 10.3. The van der Waals surface area contributed by atoms with Crippen LogP contribution >= 0.6 is 0 Å². The van der Waals surface area contributed by atoms with Crippen LogP contribution in [-0.4, -0.2) is 51.7 Å². The highest BCUT2D eigenvalue weighted by Crippen LogP contribution is 2.15. The molecule has 0 aliphatic carbocycles. The standard InChI is InChI=1S/C12H24N4O4S/c1-3-16-10-11(12(13)15-16)21(17,18)14-6-4-5-7-20-9-8-19-2/h10,14H,3-9H2,1-2H3,(H2,13,15). The molecule has 1 aromatic rings. The molecule has 0 amide bonds. The van der Waals surface area contributed by atoms with Crippen LogP contribution in [0.25, 0.3) is 0 Å². The molecule has 1 aromatic heterocycles. The van der Waals surface area contributed by atoms with Gasteiger partial charge in [0.2, 0.25) is 10.0 Å². The van der Waals surface area contributed by atoms with Gasteiger partial charge in [-0.2, -0.15) is 5.10 Å². The SMILES string of the molecule is CCn1cc(S(=O)(=O)NCCCCOCCOC)c(N)n1. The maximum absolute atomic E-state index is 12.1. The molecular formula is C12H24N4O4S. The Bertz CT molecular complexity index is 515. The molecular weight excluding hydrogens is 296 g/mol. The minimum atomic E-state index is -3.60. The maximum Gasteiger partial charge on any atom is 0.245 e. The van der Waals surface area contributed by atoms with Gasteiger partial charge in [0.05, 0.1) is 13.2 Å². The molecule has 0 atom stereocenters. The van der Waals surface area contributed by atoms with E-state index in [1.807, 2.05) is 6.92 Å². The van der Waals surface area contributed by atoms with E-state index in [1.54, 1.807) is 7.11 Å². The molecule has 21 heavy (non-hydrogen) atoms. The first-order valence-electron chi connectivity index (χ1n) is 6.90. The third-order valence-electron chi connectivity index (χ3n) is 2.81. The number of hydrogen-bond acceptors (Lipinski definition) is 6. The zero-order valence-electron chi connectivity index (χ0n) is 12.5. The molecule has 0 aliphatic heterocycles. The molecule has 0 aromatic carbocycles. The van der Waals surface area contributed by atoms with Gasteiger partial charge in [-0.3, -0.25) is 4.68 Å². The molecule has 0 radical (unpaired) electrons. The minimum absolute atomic E-state index is 0.0206. The van der Waals surface area contributed by atoms with Crippen molar-refractivity contribution >= 4 is 15.8 Å².